The first-order valence-electron chi connectivity index (χ1n) is 5.93. The molecule has 1 saturated carbocycles. The van der Waals surface area contributed by atoms with Crippen LogP contribution in [0.15, 0.2) is 0 Å². The van der Waals surface area contributed by atoms with E-state index in [2.05, 4.69) is 5.32 Å². The lowest BCUT2D eigenvalue weighted by atomic mass is 9.82. The summed E-state index contributed by atoms with van der Waals surface area (Å²) >= 11 is 0. The molecule has 94 valence electrons. The molecule has 0 aliphatic heterocycles. The van der Waals surface area contributed by atoms with Gasteiger partial charge in [-0.1, -0.05) is 12.8 Å². The highest BCUT2D eigenvalue weighted by molar-refractivity contribution is 5.68. The number of rotatable bonds is 1. The Morgan fingerprint density at radius 3 is 2.56 bits per heavy atom. The van der Waals surface area contributed by atoms with Crippen LogP contribution >= 0.6 is 0 Å². The van der Waals surface area contributed by atoms with Gasteiger partial charge in [-0.25, -0.2) is 4.79 Å². The Morgan fingerprint density at radius 1 is 1.44 bits per heavy atom. The van der Waals surface area contributed by atoms with Crippen molar-refractivity contribution in [3.8, 4) is 0 Å². The predicted octanol–water partition coefficient (Wildman–Crippen LogP) is 2.20. The number of carbonyl (C=O) groups is 1. The third-order valence-corrected chi connectivity index (χ3v) is 2.87. The smallest absolute Gasteiger partial charge is 0.407 e. The van der Waals surface area contributed by atoms with E-state index in [0.717, 1.165) is 25.7 Å². The molecular weight excluding hydrogens is 206 g/mol. The van der Waals surface area contributed by atoms with Gasteiger partial charge in [-0.2, -0.15) is 0 Å². The van der Waals surface area contributed by atoms with E-state index in [4.69, 9.17) is 4.74 Å². The lowest BCUT2D eigenvalue weighted by Crippen LogP contribution is -2.53. The summed E-state index contributed by atoms with van der Waals surface area (Å²) in [6.07, 6.45) is 3.15. The Labute approximate surface area is 97.4 Å². The fraction of sp³-hybridized carbons (Fsp3) is 0.917. The van der Waals surface area contributed by atoms with E-state index < -0.39 is 17.3 Å². The minimum atomic E-state index is -0.810. The van der Waals surface area contributed by atoms with Gasteiger partial charge in [0.1, 0.15) is 5.60 Å². The van der Waals surface area contributed by atoms with Crippen molar-refractivity contribution in [2.45, 2.75) is 70.6 Å². The zero-order valence-electron chi connectivity index (χ0n) is 10.7. The fourth-order valence-electron chi connectivity index (χ4n) is 1.99. The molecule has 16 heavy (non-hydrogen) atoms. The minimum Gasteiger partial charge on any atom is -0.444 e. The largest absolute Gasteiger partial charge is 0.444 e. The molecule has 0 bridgehead atoms. The quantitative estimate of drug-likeness (QED) is 0.724. The van der Waals surface area contributed by atoms with Crippen molar-refractivity contribution in [2.24, 2.45) is 0 Å². The molecule has 4 nitrogen and oxygen atoms in total. The maximum absolute atomic E-state index is 11.6. The number of hydrogen-bond donors (Lipinski definition) is 2. The van der Waals surface area contributed by atoms with Crippen molar-refractivity contribution >= 4 is 6.09 Å². The van der Waals surface area contributed by atoms with Crippen LogP contribution < -0.4 is 5.32 Å². The van der Waals surface area contributed by atoms with Crippen molar-refractivity contribution in [1.82, 2.24) is 5.32 Å². The normalized spacial score (nSPS) is 30.9. The summed E-state index contributed by atoms with van der Waals surface area (Å²) < 4.78 is 5.17. The van der Waals surface area contributed by atoms with Crippen molar-refractivity contribution in [3.63, 3.8) is 0 Å². The average Bonchev–Trinajstić information content (AvgIpc) is 2.05. The van der Waals surface area contributed by atoms with E-state index in [-0.39, 0.29) is 6.04 Å². The van der Waals surface area contributed by atoms with Crippen LogP contribution in [-0.4, -0.2) is 28.4 Å². The van der Waals surface area contributed by atoms with Crippen LogP contribution in [-0.2, 0) is 4.74 Å². The zero-order chi connectivity index (χ0) is 12.4. The Bertz CT molecular complexity index is 255. The maximum Gasteiger partial charge on any atom is 0.407 e. The van der Waals surface area contributed by atoms with Crippen LogP contribution in [0, 0.1) is 0 Å². The second kappa shape index (κ2) is 4.62. The highest BCUT2D eigenvalue weighted by Crippen LogP contribution is 2.28. The number of ether oxygens (including phenoxy) is 1. The van der Waals surface area contributed by atoms with Crippen LogP contribution in [0.25, 0.3) is 0 Å². The first-order chi connectivity index (χ1) is 7.21. The summed E-state index contributed by atoms with van der Waals surface area (Å²) in [7, 11) is 0. The number of hydrogen-bond acceptors (Lipinski definition) is 3. The third kappa shape index (κ3) is 4.00. The molecule has 0 aromatic carbocycles. The number of aliphatic hydroxyl groups is 1. The predicted molar refractivity (Wildman–Crippen MR) is 62.2 cm³/mol. The van der Waals surface area contributed by atoms with Crippen molar-refractivity contribution in [1.29, 1.82) is 0 Å². The van der Waals surface area contributed by atoms with Gasteiger partial charge in [0.25, 0.3) is 0 Å². The van der Waals surface area contributed by atoms with E-state index in [1.165, 1.54) is 0 Å². The SMILES string of the molecule is CC(C)(C)OC(=O)N[C@H]1CCCC[C@@]1(C)O. The molecule has 2 N–H and O–H groups in total. The van der Waals surface area contributed by atoms with E-state index >= 15 is 0 Å². The van der Waals surface area contributed by atoms with E-state index in [1.54, 1.807) is 6.92 Å². The summed E-state index contributed by atoms with van der Waals surface area (Å²) in [6, 6.07) is -0.198. The van der Waals surface area contributed by atoms with Gasteiger partial charge in [0.05, 0.1) is 11.6 Å². The number of amides is 1. The molecule has 1 aliphatic carbocycles. The van der Waals surface area contributed by atoms with E-state index in [9.17, 15) is 9.90 Å². The molecule has 1 rings (SSSR count). The van der Waals surface area contributed by atoms with Crippen molar-refractivity contribution in [2.75, 3.05) is 0 Å². The van der Waals surface area contributed by atoms with Gasteiger partial charge in [-0.3, -0.25) is 0 Å². The minimum absolute atomic E-state index is 0.198. The molecule has 0 radical (unpaired) electrons. The molecule has 1 amide bonds. The summed E-state index contributed by atoms with van der Waals surface area (Å²) in [4.78, 5) is 11.6. The van der Waals surface area contributed by atoms with E-state index in [0.29, 0.717) is 0 Å². The summed E-state index contributed by atoms with van der Waals surface area (Å²) in [6.45, 7) is 7.25. The summed E-state index contributed by atoms with van der Waals surface area (Å²) in [5.74, 6) is 0. The Balaban J connectivity index is 2.49. The van der Waals surface area contributed by atoms with E-state index in [1.807, 2.05) is 20.8 Å². The van der Waals surface area contributed by atoms with Gasteiger partial charge < -0.3 is 15.2 Å². The van der Waals surface area contributed by atoms with Gasteiger partial charge in [0.2, 0.25) is 0 Å². The molecule has 4 heteroatoms. The molecule has 0 heterocycles. The molecule has 1 fully saturated rings. The molecule has 1 aliphatic rings. The lowest BCUT2D eigenvalue weighted by Gasteiger charge is -2.37. The second-order valence-electron chi connectivity index (χ2n) is 5.80. The maximum atomic E-state index is 11.6. The first-order valence-corrected chi connectivity index (χ1v) is 5.93. The number of nitrogens with one attached hydrogen (secondary N) is 1. The molecular formula is C12H23NO3. The Kier molecular flexibility index (Phi) is 3.84. The average molecular weight is 229 g/mol. The zero-order valence-corrected chi connectivity index (χ0v) is 10.7. The highest BCUT2D eigenvalue weighted by Gasteiger charge is 2.36. The number of alkyl carbamates (subject to hydrolysis) is 1. The van der Waals surface area contributed by atoms with Gasteiger partial charge >= 0.3 is 6.09 Å². The van der Waals surface area contributed by atoms with Crippen LogP contribution in [0.2, 0.25) is 0 Å². The standard InChI is InChI=1S/C12H23NO3/c1-11(2,3)16-10(14)13-9-7-5-6-8-12(9,4)15/h9,15H,5-8H2,1-4H3,(H,13,14)/t9-,12+/m0/s1. The molecule has 0 spiro atoms. The van der Waals surface area contributed by atoms with Crippen LogP contribution in [0.3, 0.4) is 0 Å². The molecule has 0 unspecified atom stereocenters. The van der Waals surface area contributed by atoms with Gasteiger partial charge in [-0.05, 0) is 40.5 Å². The van der Waals surface area contributed by atoms with Crippen LogP contribution in [0.1, 0.15) is 53.4 Å². The lowest BCUT2D eigenvalue weighted by molar-refractivity contribution is -0.0171. The fourth-order valence-corrected chi connectivity index (χ4v) is 1.99. The van der Waals surface area contributed by atoms with Crippen LogP contribution in [0.4, 0.5) is 4.79 Å². The topological polar surface area (TPSA) is 58.6 Å². The van der Waals surface area contributed by atoms with Gasteiger partial charge in [-0.15, -0.1) is 0 Å². The third-order valence-electron chi connectivity index (χ3n) is 2.87. The summed E-state index contributed by atoms with van der Waals surface area (Å²) in [5.41, 5.74) is -1.31. The Hall–Kier alpha value is -0.770. The number of carbonyl (C=O) groups excluding carboxylic acids is 1. The van der Waals surface area contributed by atoms with Crippen LogP contribution in [0.5, 0.6) is 0 Å². The van der Waals surface area contributed by atoms with Crippen molar-refractivity contribution < 1.29 is 14.6 Å². The highest BCUT2D eigenvalue weighted by atomic mass is 16.6. The van der Waals surface area contributed by atoms with Gasteiger partial charge in [0, 0.05) is 0 Å². The molecule has 0 aromatic heterocycles. The molecule has 0 saturated heterocycles. The Morgan fingerprint density at radius 2 is 2.06 bits per heavy atom. The first kappa shape index (κ1) is 13.3. The summed E-state index contributed by atoms with van der Waals surface area (Å²) in [5, 5.41) is 12.9. The van der Waals surface area contributed by atoms with Crippen molar-refractivity contribution in [3.05, 3.63) is 0 Å². The molecule has 2 atom stereocenters. The second-order valence-corrected chi connectivity index (χ2v) is 5.80. The monoisotopic (exact) mass is 229 g/mol. The molecule has 0 aromatic rings. The van der Waals surface area contributed by atoms with Gasteiger partial charge in [0.15, 0.2) is 0 Å².